The zero-order chi connectivity index (χ0) is 11.5. The maximum Gasteiger partial charge on any atom is 0.217 e. The van der Waals surface area contributed by atoms with E-state index in [0.717, 1.165) is 16.5 Å². The average Bonchev–Trinajstić information content (AvgIpc) is 2.69. The number of hydrogen-bond donors (Lipinski definition) is 3. The fourth-order valence-corrected chi connectivity index (χ4v) is 1.85. The van der Waals surface area contributed by atoms with Crippen molar-refractivity contribution in [3.63, 3.8) is 0 Å². The number of para-hydroxylation sites is 1. The minimum absolute atomic E-state index is 0.110. The molecule has 3 N–H and O–H groups in total. The van der Waals surface area contributed by atoms with Crippen LogP contribution < -0.4 is 5.32 Å². The summed E-state index contributed by atoms with van der Waals surface area (Å²) >= 11 is 0. The quantitative estimate of drug-likeness (QED) is 0.727. The second-order valence-electron chi connectivity index (χ2n) is 3.73. The Morgan fingerprint density at radius 1 is 1.50 bits per heavy atom. The number of carbonyl (C=O) groups excluding carboxylic acids is 1. The molecule has 0 aliphatic rings. The van der Waals surface area contributed by atoms with Crippen LogP contribution in [0.4, 0.5) is 0 Å². The number of hydrogen-bond acceptors (Lipinski definition) is 2. The summed E-state index contributed by atoms with van der Waals surface area (Å²) in [6.07, 6.45) is 1.82. The molecule has 0 aliphatic heterocycles. The molecule has 1 atom stereocenters. The minimum Gasteiger partial charge on any atom is -0.394 e. The molecule has 0 saturated heterocycles. The molecular weight excluding hydrogens is 204 g/mol. The molecule has 1 amide bonds. The highest BCUT2D eigenvalue weighted by Crippen LogP contribution is 2.23. The van der Waals surface area contributed by atoms with Gasteiger partial charge in [0, 0.05) is 29.6 Å². The SMILES string of the molecule is CC(=O)NC(CO)c1c[nH]c2ccccc12. The van der Waals surface area contributed by atoms with Crippen molar-refractivity contribution in [3.05, 3.63) is 36.0 Å². The van der Waals surface area contributed by atoms with Gasteiger partial charge in [0.05, 0.1) is 12.6 Å². The van der Waals surface area contributed by atoms with E-state index >= 15 is 0 Å². The average molecular weight is 218 g/mol. The molecule has 84 valence electrons. The normalized spacial score (nSPS) is 12.6. The van der Waals surface area contributed by atoms with Gasteiger partial charge in [0.15, 0.2) is 0 Å². The summed E-state index contributed by atoms with van der Waals surface area (Å²) in [4.78, 5) is 14.1. The van der Waals surface area contributed by atoms with Gasteiger partial charge in [-0.05, 0) is 6.07 Å². The monoisotopic (exact) mass is 218 g/mol. The largest absolute Gasteiger partial charge is 0.394 e. The number of H-pyrrole nitrogens is 1. The highest BCUT2D eigenvalue weighted by molar-refractivity contribution is 5.84. The number of aromatic amines is 1. The molecule has 0 radical (unpaired) electrons. The first kappa shape index (κ1) is 10.7. The summed E-state index contributed by atoms with van der Waals surface area (Å²) in [7, 11) is 0. The second kappa shape index (κ2) is 4.37. The smallest absolute Gasteiger partial charge is 0.217 e. The van der Waals surface area contributed by atoms with Gasteiger partial charge >= 0.3 is 0 Å². The molecule has 0 spiro atoms. The zero-order valence-electron chi connectivity index (χ0n) is 9.03. The molecule has 4 heteroatoms. The molecule has 1 unspecified atom stereocenters. The maximum atomic E-state index is 11.0. The molecule has 0 bridgehead atoms. The maximum absolute atomic E-state index is 11.0. The van der Waals surface area contributed by atoms with Crippen LogP contribution >= 0.6 is 0 Å². The van der Waals surface area contributed by atoms with E-state index in [1.807, 2.05) is 30.5 Å². The molecule has 16 heavy (non-hydrogen) atoms. The Morgan fingerprint density at radius 3 is 2.94 bits per heavy atom. The molecule has 1 heterocycles. The summed E-state index contributed by atoms with van der Waals surface area (Å²) in [5.74, 6) is -0.149. The van der Waals surface area contributed by atoms with Crippen molar-refractivity contribution in [2.45, 2.75) is 13.0 Å². The van der Waals surface area contributed by atoms with Crippen LogP contribution in [0.3, 0.4) is 0 Å². The number of aliphatic hydroxyl groups excluding tert-OH is 1. The van der Waals surface area contributed by atoms with E-state index in [1.54, 1.807) is 0 Å². The van der Waals surface area contributed by atoms with Gasteiger partial charge in [-0.25, -0.2) is 0 Å². The first-order chi connectivity index (χ1) is 7.72. The Bertz CT molecular complexity index is 504. The van der Waals surface area contributed by atoms with E-state index in [1.165, 1.54) is 6.92 Å². The van der Waals surface area contributed by atoms with Crippen molar-refractivity contribution in [1.29, 1.82) is 0 Å². The van der Waals surface area contributed by atoms with Crippen molar-refractivity contribution >= 4 is 16.8 Å². The van der Waals surface area contributed by atoms with Gasteiger partial charge in [-0.1, -0.05) is 18.2 Å². The lowest BCUT2D eigenvalue weighted by molar-refractivity contribution is -0.120. The molecule has 1 aromatic carbocycles. The predicted molar refractivity (Wildman–Crippen MR) is 61.9 cm³/mol. The van der Waals surface area contributed by atoms with E-state index in [2.05, 4.69) is 10.3 Å². The number of aliphatic hydroxyl groups is 1. The van der Waals surface area contributed by atoms with E-state index < -0.39 is 0 Å². The van der Waals surface area contributed by atoms with Crippen LogP contribution in [0.25, 0.3) is 10.9 Å². The summed E-state index contributed by atoms with van der Waals surface area (Å²) in [6, 6.07) is 7.44. The fraction of sp³-hybridized carbons (Fsp3) is 0.250. The van der Waals surface area contributed by atoms with Crippen LogP contribution in [-0.2, 0) is 4.79 Å². The second-order valence-corrected chi connectivity index (χ2v) is 3.73. The number of fused-ring (bicyclic) bond motifs is 1. The highest BCUT2D eigenvalue weighted by Gasteiger charge is 2.15. The summed E-state index contributed by atoms with van der Waals surface area (Å²) in [5.41, 5.74) is 1.91. The van der Waals surface area contributed by atoms with Crippen LogP contribution in [0.2, 0.25) is 0 Å². The number of rotatable bonds is 3. The number of nitrogens with one attached hydrogen (secondary N) is 2. The third kappa shape index (κ3) is 1.92. The zero-order valence-corrected chi connectivity index (χ0v) is 9.03. The van der Waals surface area contributed by atoms with E-state index in [9.17, 15) is 9.90 Å². The van der Waals surface area contributed by atoms with Crippen LogP contribution in [-0.4, -0.2) is 22.6 Å². The van der Waals surface area contributed by atoms with Crippen LogP contribution in [0.15, 0.2) is 30.5 Å². The summed E-state index contributed by atoms with van der Waals surface area (Å²) < 4.78 is 0. The predicted octanol–water partition coefficient (Wildman–Crippen LogP) is 1.34. The number of aromatic nitrogens is 1. The van der Waals surface area contributed by atoms with Gasteiger partial charge in [-0.3, -0.25) is 4.79 Å². The molecular formula is C12H14N2O2. The van der Waals surface area contributed by atoms with Gasteiger partial charge in [0.2, 0.25) is 5.91 Å². The van der Waals surface area contributed by atoms with Crippen LogP contribution in [0, 0.1) is 0 Å². The molecule has 4 nitrogen and oxygen atoms in total. The number of carbonyl (C=O) groups is 1. The molecule has 0 fully saturated rings. The number of amides is 1. The lowest BCUT2D eigenvalue weighted by Crippen LogP contribution is -2.28. The Labute approximate surface area is 93.3 Å². The minimum atomic E-state index is -0.353. The summed E-state index contributed by atoms with van der Waals surface area (Å²) in [6.45, 7) is 1.33. The Hall–Kier alpha value is -1.81. The molecule has 0 saturated carbocycles. The van der Waals surface area contributed by atoms with E-state index in [-0.39, 0.29) is 18.6 Å². The van der Waals surface area contributed by atoms with E-state index in [0.29, 0.717) is 0 Å². The van der Waals surface area contributed by atoms with Crippen molar-refractivity contribution in [1.82, 2.24) is 10.3 Å². The van der Waals surface area contributed by atoms with Gasteiger partial charge in [-0.2, -0.15) is 0 Å². The van der Waals surface area contributed by atoms with Crippen molar-refractivity contribution in [3.8, 4) is 0 Å². The van der Waals surface area contributed by atoms with Crippen molar-refractivity contribution < 1.29 is 9.90 Å². The van der Waals surface area contributed by atoms with Crippen molar-refractivity contribution in [2.75, 3.05) is 6.61 Å². The topological polar surface area (TPSA) is 65.1 Å². The van der Waals surface area contributed by atoms with Crippen LogP contribution in [0.1, 0.15) is 18.5 Å². The van der Waals surface area contributed by atoms with Gasteiger partial charge < -0.3 is 15.4 Å². The molecule has 0 aliphatic carbocycles. The lowest BCUT2D eigenvalue weighted by atomic mass is 10.1. The van der Waals surface area contributed by atoms with E-state index in [4.69, 9.17) is 0 Å². The molecule has 2 aromatic rings. The fourth-order valence-electron chi connectivity index (χ4n) is 1.85. The Kier molecular flexibility index (Phi) is 2.92. The third-order valence-corrected chi connectivity index (χ3v) is 2.56. The molecule has 1 aromatic heterocycles. The van der Waals surface area contributed by atoms with Gasteiger partial charge in [0.1, 0.15) is 0 Å². The number of benzene rings is 1. The Morgan fingerprint density at radius 2 is 2.25 bits per heavy atom. The third-order valence-electron chi connectivity index (χ3n) is 2.56. The van der Waals surface area contributed by atoms with Gasteiger partial charge in [-0.15, -0.1) is 0 Å². The molecule has 2 rings (SSSR count). The lowest BCUT2D eigenvalue weighted by Gasteiger charge is -2.14. The first-order valence-corrected chi connectivity index (χ1v) is 5.16. The Balaban J connectivity index is 2.41. The van der Waals surface area contributed by atoms with Gasteiger partial charge in [0.25, 0.3) is 0 Å². The summed E-state index contributed by atoms with van der Waals surface area (Å²) in [5, 5.41) is 13.0. The van der Waals surface area contributed by atoms with Crippen LogP contribution in [0.5, 0.6) is 0 Å². The first-order valence-electron chi connectivity index (χ1n) is 5.16. The van der Waals surface area contributed by atoms with Crippen molar-refractivity contribution in [2.24, 2.45) is 0 Å². The highest BCUT2D eigenvalue weighted by atomic mass is 16.3. The standard InChI is InChI=1S/C12H14N2O2/c1-8(16)14-12(7-15)10-6-13-11-5-3-2-4-9(10)11/h2-6,12-13,15H,7H2,1H3,(H,14,16).